The zero-order valence-corrected chi connectivity index (χ0v) is 6.59. The number of carbonyl (C=O) groups is 2. The van der Waals surface area contributed by atoms with Crippen molar-refractivity contribution in [1.82, 2.24) is 0 Å². The zero-order chi connectivity index (χ0) is 8.04. The van der Waals surface area contributed by atoms with Gasteiger partial charge in [0.25, 0.3) is 0 Å². The monoisotopic (exact) mass is 142 g/mol. The molecular formula is C8H14O2. The predicted molar refractivity (Wildman–Crippen MR) is 39.8 cm³/mol. The number of hydrogen-bond donors (Lipinski definition) is 0. The molecule has 0 saturated carbocycles. The average molecular weight is 142 g/mol. The van der Waals surface area contributed by atoms with Gasteiger partial charge < -0.3 is 9.59 Å². The van der Waals surface area contributed by atoms with Gasteiger partial charge in [-0.25, -0.2) is 0 Å². The minimum absolute atomic E-state index is 0.247. The molecule has 0 aromatic rings. The fourth-order valence-electron chi connectivity index (χ4n) is 0.700. The van der Waals surface area contributed by atoms with E-state index >= 15 is 0 Å². The largest absolute Gasteiger partial charge is 0.303 e. The minimum atomic E-state index is -0.247. The molecule has 0 heterocycles. The minimum Gasteiger partial charge on any atom is -0.303 e. The van der Waals surface area contributed by atoms with Crippen LogP contribution in [-0.2, 0) is 9.59 Å². The van der Waals surface area contributed by atoms with Crippen molar-refractivity contribution in [3.63, 3.8) is 0 Å². The van der Waals surface area contributed by atoms with Crippen LogP contribution in [0.3, 0.4) is 0 Å². The van der Waals surface area contributed by atoms with E-state index in [1.807, 2.05) is 13.8 Å². The summed E-state index contributed by atoms with van der Waals surface area (Å²) in [6.07, 6.45) is 4.01. The third-order valence-corrected chi connectivity index (χ3v) is 1.46. The predicted octanol–water partition coefficient (Wildman–Crippen LogP) is 1.58. The van der Waals surface area contributed by atoms with Gasteiger partial charge in [0.05, 0.1) is 0 Å². The summed E-state index contributed by atoms with van der Waals surface area (Å²) in [7, 11) is 0. The van der Waals surface area contributed by atoms with Gasteiger partial charge in [-0.1, -0.05) is 13.8 Å². The lowest BCUT2D eigenvalue weighted by atomic mass is 9.89. The molecule has 2 heteroatoms. The Kier molecular flexibility index (Phi) is 3.93. The summed E-state index contributed by atoms with van der Waals surface area (Å²) in [5, 5.41) is 0. The highest BCUT2D eigenvalue weighted by molar-refractivity contribution is 5.58. The molecule has 0 aliphatic carbocycles. The molecule has 0 saturated heterocycles. The second-order valence-corrected chi connectivity index (χ2v) is 3.17. The molecule has 58 valence electrons. The molecule has 0 amide bonds. The Labute approximate surface area is 61.6 Å². The van der Waals surface area contributed by atoms with Crippen molar-refractivity contribution in [3.05, 3.63) is 0 Å². The standard InChI is InChI=1S/C8H14O2/c1-8(2,7-10)5-3-4-6-9/h6-7H,3-5H2,1-2H3. The molecule has 0 bridgehead atoms. The van der Waals surface area contributed by atoms with E-state index in [2.05, 4.69) is 0 Å². The van der Waals surface area contributed by atoms with Gasteiger partial charge in [0.1, 0.15) is 12.6 Å². The van der Waals surface area contributed by atoms with Crippen LogP contribution in [0.25, 0.3) is 0 Å². The van der Waals surface area contributed by atoms with E-state index in [1.165, 1.54) is 0 Å². The van der Waals surface area contributed by atoms with Gasteiger partial charge >= 0.3 is 0 Å². The number of unbranched alkanes of at least 4 members (excludes halogenated alkanes) is 1. The first kappa shape index (κ1) is 9.34. The lowest BCUT2D eigenvalue weighted by Crippen LogP contribution is -2.12. The first-order valence-electron chi connectivity index (χ1n) is 3.52. The summed E-state index contributed by atoms with van der Waals surface area (Å²) in [5.74, 6) is 0. The summed E-state index contributed by atoms with van der Waals surface area (Å²) >= 11 is 0. The second-order valence-electron chi connectivity index (χ2n) is 3.17. The van der Waals surface area contributed by atoms with Crippen LogP contribution < -0.4 is 0 Å². The number of carbonyl (C=O) groups excluding carboxylic acids is 2. The van der Waals surface area contributed by atoms with Crippen molar-refractivity contribution >= 4 is 12.6 Å². The number of hydrogen-bond acceptors (Lipinski definition) is 2. The summed E-state index contributed by atoms with van der Waals surface area (Å²) in [6, 6.07) is 0. The lowest BCUT2D eigenvalue weighted by molar-refractivity contribution is -0.115. The van der Waals surface area contributed by atoms with Crippen LogP contribution in [0.4, 0.5) is 0 Å². The highest BCUT2D eigenvalue weighted by Crippen LogP contribution is 2.18. The first-order chi connectivity index (χ1) is 4.62. The SMILES string of the molecule is CC(C)(C=O)CCCC=O. The second kappa shape index (κ2) is 4.20. The van der Waals surface area contributed by atoms with Crippen LogP contribution in [0, 0.1) is 5.41 Å². The highest BCUT2D eigenvalue weighted by Gasteiger charge is 2.14. The van der Waals surface area contributed by atoms with Gasteiger partial charge in [-0.15, -0.1) is 0 Å². The number of rotatable bonds is 5. The van der Waals surface area contributed by atoms with E-state index in [-0.39, 0.29) is 5.41 Å². The summed E-state index contributed by atoms with van der Waals surface area (Å²) < 4.78 is 0. The van der Waals surface area contributed by atoms with Crippen molar-refractivity contribution in [2.24, 2.45) is 5.41 Å². The maximum Gasteiger partial charge on any atom is 0.125 e. The Morgan fingerprint density at radius 1 is 1.30 bits per heavy atom. The molecule has 10 heavy (non-hydrogen) atoms. The van der Waals surface area contributed by atoms with Crippen molar-refractivity contribution in [3.8, 4) is 0 Å². The quantitative estimate of drug-likeness (QED) is 0.431. The molecule has 2 nitrogen and oxygen atoms in total. The van der Waals surface area contributed by atoms with Crippen LogP contribution in [0.1, 0.15) is 33.1 Å². The van der Waals surface area contributed by atoms with Gasteiger partial charge in [0, 0.05) is 11.8 Å². The molecule has 0 atom stereocenters. The maximum absolute atomic E-state index is 10.3. The van der Waals surface area contributed by atoms with Gasteiger partial charge in [-0.3, -0.25) is 0 Å². The topological polar surface area (TPSA) is 34.1 Å². The molecule has 0 radical (unpaired) electrons. The molecule has 0 aliphatic heterocycles. The van der Waals surface area contributed by atoms with E-state index < -0.39 is 0 Å². The fourth-order valence-corrected chi connectivity index (χ4v) is 0.700. The van der Waals surface area contributed by atoms with Crippen LogP contribution in [0.2, 0.25) is 0 Å². The van der Waals surface area contributed by atoms with Crippen LogP contribution in [0.15, 0.2) is 0 Å². The smallest absolute Gasteiger partial charge is 0.125 e. The Hall–Kier alpha value is -0.660. The van der Waals surface area contributed by atoms with Gasteiger partial charge in [-0.2, -0.15) is 0 Å². The molecule has 0 aliphatic rings. The normalized spacial score (nSPS) is 11.0. The molecule has 0 spiro atoms. The van der Waals surface area contributed by atoms with Crippen molar-refractivity contribution < 1.29 is 9.59 Å². The first-order valence-corrected chi connectivity index (χ1v) is 3.52. The molecular weight excluding hydrogens is 128 g/mol. The molecule has 0 unspecified atom stereocenters. The van der Waals surface area contributed by atoms with E-state index in [4.69, 9.17) is 0 Å². The van der Waals surface area contributed by atoms with Crippen molar-refractivity contribution in [1.29, 1.82) is 0 Å². The van der Waals surface area contributed by atoms with E-state index in [0.29, 0.717) is 6.42 Å². The van der Waals surface area contributed by atoms with Gasteiger partial charge in [0.15, 0.2) is 0 Å². The molecule has 0 rings (SSSR count). The van der Waals surface area contributed by atoms with Gasteiger partial charge in [0.2, 0.25) is 0 Å². The third kappa shape index (κ3) is 4.24. The lowest BCUT2D eigenvalue weighted by Gasteiger charge is -2.14. The highest BCUT2D eigenvalue weighted by atomic mass is 16.1. The average Bonchev–Trinajstić information content (AvgIpc) is 1.89. The summed E-state index contributed by atoms with van der Waals surface area (Å²) in [5.41, 5.74) is -0.247. The Morgan fingerprint density at radius 2 is 1.90 bits per heavy atom. The molecule has 0 fully saturated rings. The van der Waals surface area contributed by atoms with Crippen molar-refractivity contribution in [2.45, 2.75) is 33.1 Å². The fraction of sp³-hybridized carbons (Fsp3) is 0.750. The molecule has 0 aromatic carbocycles. The zero-order valence-electron chi connectivity index (χ0n) is 6.59. The Balaban J connectivity index is 3.46. The van der Waals surface area contributed by atoms with Gasteiger partial charge in [-0.05, 0) is 12.8 Å². The van der Waals surface area contributed by atoms with E-state index in [9.17, 15) is 9.59 Å². The summed E-state index contributed by atoms with van der Waals surface area (Å²) in [4.78, 5) is 20.2. The molecule has 0 N–H and O–H groups in total. The van der Waals surface area contributed by atoms with Crippen LogP contribution >= 0.6 is 0 Å². The third-order valence-electron chi connectivity index (χ3n) is 1.46. The maximum atomic E-state index is 10.3. The van der Waals surface area contributed by atoms with E-state index in [0.717, 1.165) is 25.4 Å². The summed E-state index contributed by atoms with van der Waals surface area (Å²) in [6.45, 7) is 3.76. The van der Waals surface area contributed by atoms with Crippen LogP contribution in [-0.4, -0.2) is 12.6 Å². The molecule has 0 aromatic heterocycles. The number of aldehydes is 2. The Bertz CT molecular complexity index is 116. The van der Waals surface area contributed by atoms with Crippen molar-refractivity contribution in [2.75, 3.05) is 0 Å². The van der Waals surface area contributed by atoms with E-state index in [1.54, 1.807) is 0 Å². The van der Waals surface area contributed by atoms with Crippen LogP contribution in [0.5, 0.6) is 0 Å². The Morgan fingerprint density at radius 3 is 2.30 bits per heavy atom.